The minimum Gasteiger partial charge on any atom is -0.394 e. The molecule has 1 aromatic carbocycles. The summed E-state index contributed by atoms with van der Waals surface area (Å²) in [7, 11) is -3.98. The highest BCUT2D eigenvalue weighted by molar-refractivity contribution is 7.89. The van der Waals surface area contributed by atoms with E-state index in [9.17, 15) is 28.5 Å². The molecule has 1 saturated carbocycles. The van der Waals surface area contributed by atoms with Gasteiger partial charge in [0.15, 0.2) is 23.2 Å². The summed E-state index contributed by atoms with van der Waals surface area (Å²) in [6, 6.07) is 8.64. The zero-order valence-electron chi connectivity index (χ0n) is 22.3. The molecule has 42 heavy (non-hydrogen) atoms. The highest BCUT2D eigenvalue weighted by Gasteiger charge is 2.44. The van der Waals surface area contributed by atoms with Crippen molar-refractivity contribution in [1.82, 2.24) is 34.0 Å². The van der Waals surface area contributed by atoms with E-state index < -0.39 is 47.1 Å². The lowest BCUT2D eigenvalue weighted by atomic mass is 10.1. The van der Waals surface area contributed by atoms with Gasteiger partial charge in [-0.25, -0.2) is 22.8 Å². The molecule has 5 N–H and O–H groups in total. The van der Waals surface area contributed by atoms with E-state index in [4.69, 9.17) is 4.74 Å². The van der Waals surface area contributed by atoms with Gasteiger partial charge in [-0.1, -0.05) is 43.2 Å². The second-order valence-corrected chi connectivity index (χ2v) is 12.1. The Morgan fingerprint density at radius 1 is 1.10 bits per heavy atom. The van der Waals surface area contributed by atoms with Gasteiger partial charge in [-0.2, -0.15) is 15.1 Å². The summed E-state index contributed by atoms with van der Waals surface area (Å²) in [6.07, 6.45) is 3.18. The summed E-state index contributed by atoms with van der Waals surface area (Å²) in [5.41, 5.74) is 1.14. The van der Waals surface area contributed by atoms with Crippen molar-refractivity contribution in [2.24, 2.45) is 0 Å². The summed E-state index contributed by atoms with van der Waals surface area (Å²) in [5.74, 6) is -0.782. The van der Waals surface area contributed by atoms with E-state index in [1.165, 1.54) is 28.0 Å². The van der Waals surface area contributed by atoms with Crippen LogP contribution in [0.4, 0.5) is 5.82 Å². The number of sulfonamides is 1. The first-order valence-electron chi connectivity index (χ1n) is 13.5. The van der Waals surface area contributed by atoms with Crippen LogP contribution in [-0.4, -0.2) is 89.9 Å². The molecule has 0 spiro atoms. The molecule has 2 aliphatic rings. The van der Waals surface area contributed by atoms with Gasteiger partial charge in [-0.15, -0.1) is 0 Å². The predicted molar refractivity (Wildman–Crippen MR) is 148 cm³/mol. The molecule has 1 saturated heterocycles. The molecule has 4 aromatic rings. The summed E-state index contributed by atoms with van der Waals surface area (Å²) in [6.45, 7) is -0.491. The number of fused-ring (bicyclic) bond motifs is 1. The Kier molecular flexibility index (Phi) is 7.63. The first-order valence-corrected chi connectivity index (χ1v) is 15.1. The van der Waals surface area contributed by atoms with E-state index in [-0.39, 0.29) is 29.0 Å². The molecule has 222 valence electrons. The van der Waals surface area contributed by atoms with E-state index in [2.05, 4.69) is 30.1 Å². The monoisotopic (exact) mass is 598 g/mol. The van der Waals surface area contributed by atoms with Gasteiger partial charge >= 0.3 is 0 Å². The number of benzene rings is 1. The lowest BCUT2D eigenvalue weighted by Crippen LogP contribution is -2.33. The van der Waals surface area contributed by atoms with Crippen molar-refractivity contribution >= 4 is 32.9 Å². The number of amides is 1. The topological polar surface area (TPSA) is 207 Å². The fourth-order valence-corrected chi connectivity index (χ4v) is 6.35. The molecule has 1 amide bonds. The molecule has 2 unspecified atom stereocenters. The summed E-state index contributed by atoms with van der Waals surface area (Å²) < 4.78 is 35.6. The smallest absolute Gasteiger partial charge is 0.267 e. The van der Waals surface area contributed by atoms with Gasteiger partial charge in [0.25, 0.3) is 11.9 Å². The number of aliphatic hydroxyl groups excluding tert-OH is 3. The molecule has 1 aliphatic heterocycles. The van der Waals surface area contributed by atoms with Gasteiger partial charge in [0.05, 0.1) is 30.4 Å². The number of aliphatic hydroxyl groups is 3. The van der Waals surface area contributed by atoms with Crippen molar-refractivity contribution in [3.63, 3.8) is 0 Å². The van der Waals surface area contributed by atoms with E-state index in [1.54, 1.807) is 30.3 Å². The number of carbonyl (C=O) groups excluding carboxylic acids is 1. The minimum absolute atomic E-state index is 0.0300. The Morgan fingerprint density at radius 2 is 1.86 bits per heavy atom. The fraction of sp³-hybridized carbons (Fsp3) is 0.423. The standard InChI is InChI=1S/C26H30N8O7S/c35-12-18-20(36)21(37)25(41-18)33-14-27-19-22(29-17-8-4-5-9-17)30-26(31-23(19)33)34-11-16(10-28-34)24(38)32-42(39,40)13-15-6-2-1-3-7-15/h1-3,6-7,10-11,14,17-18,20-21,25,35-37H,4-5,8-9,12-13H2,(H,32,38)(H,29,30,31)/t18-,20?,21?,25-/m1/s1. The molecule has 0 bridgehead atoms. The van der Waals surface area contributed by atoms with E-state index in [0.717, 1.165) is 25.7 Å². The van der Waals surface area contributed by atoms with Crippen LogP contribution in [0.1, 0.15) is 47.8 Å². The molecule has 16 heteroatoms. The Bertz CT molecular complexity index is 1690. The van der Waals surface area contributed by atoms with Crippen LogP contribution in [0.25, 0.3) is 17.1 Å². The zero-order chi connectivity index (χ0) is 29.4. The molecule has 15 nitrogen and oxygen atoms in total. The third-order valence-electron chi connectivity index (χ3n) is 7.39. The second kappa shape index (κ2) is 11.4. The van der Waals surface area contributed by atoms with Gasteiger partial charge in [0, 0.05) is 12.2 Å². The number of anilines is 1. The number of ether oxygens (including phenoxy) is 1. The average molecular weight is 599 g/mol. The number of rotatable bonds is 9. The molecule has 3 aromatic heterocycles. The van der Waals surface area contributed by atoms with E-state index >= 15 is 0 Å². The number of hydrogen-bond donors (Lipinski definition) is 5. The first-order chi connectivity index (χ1) is 20.2. The lowest BCUT2D eigenvalue weighted by Gasteiger charge is -2.18. The van der Waals surface area contributed by atoms with Crippen molar-refractivity contribution in [2.75, 3.05) is 11.9 Å². The molecule has 4 heterocycles. The largest absolute Gasteiger partial charge is 0.394 e. The Hall–Kier alpha value is -3.96. The Labute approximate surface area is 240 Å². The maximum absolute atomic E-state index is 12.8. The third kappa shape index (κ3) is 5.58. The number of imidazole rings is 1. The average Bonchev–Trinajstić information content (AvgIpc) is 3.77. The van der Waals surface area contributed by atoms with Crippen molar-refractivity contribution in [3.8, 4) is 5.95 Å². The number of carbonyl (C=O) groups is 1. The van der Waals surface area contributed by atoms with Crippen LogP contribution in [0.5, 0.6) is 0 Å². The van der Waals surface area contributed by atoms with Crippen LogP contribution < -0.4 is 10.0 Å². The van der Waals surface area contributed by atoms with Crippen LogP contribution in [0.3, 0.4) is 0 Å². The molecular formula is C26H30N8O7S. The SMILES string of the molecule is O=C(NS(=O)(=O)Cc1ccccc1)c1cnn(-c2nc(NC3CCCC3)c3ncn([C@@H]4O[C@H](CO)C(O)C4O)c3n2)c1. The van der Waals surface area contributed by atoms with E-state index in [1.807, 2.05) is 0 Å². The lowest BCUT2D eigenvalue weighted by molar-refractivity contribution is -0.0511. The Balaban J connectivity index is 1.31. The van der Waals surface area contributed by atoms with Gasteiger partial charge < -0.3 is 25.4 Å². The fourth-order valence-electron chi connectivity index (χ4n) is 5.25. The molecule has 0 radical (unpaired) electrons. The first kappa shape index (κ1) is 28.2. The third-order valence-corrected chi connectivity index (χ3v) is 8.60. The maximum Gasteiger partial charge on any atom is 0.267 e. The minimum atomic E-state index is -3.98. The van der Waals surface area contributed by atoms with Gasteiger partial charge in [-0.05, 0) is 18.4 Å². The van der Waals surface area contributed by atoms with Crippen molar-refractivity contribution in [1.29, 1.82) is 0 Å². The number of nitrogens with one attached hydrogen (secondary N) is 2. The van der Waals surface area contributed by atoms with Gasteiger partial charge in [0.1, 0.15) is 18.3 Å². The highest BCUT2D eigenvalue weighted by Crippen LogP contribution is 2.33. The highest BCUT2D eigenvalue weighted by atomic mass is 32.2. The summed E-state index contributed by atoms with van der Waals surface area (Å²) in [4.78, 5) is 26.4. The molecule has 4 atom stereocenters. The summed E-state index contributed by atoms with van der Waals surface area (Å²) in [5, 5.41) is 38.0. The van der Waals surface area contributed by atoms with Crippen molar-refractivity contribution in [3.05, 3.63) is 60.2 Å². The van der Waals surface area contributed by atoms with E-state index in [0.29, 0.717) is 16.9 Å². The Morgan fingerprint density at radius 3 is 2.57 bits per heavy atom. The van der Waals surface area contributed by atoms with Gasteiger partial charge in [0.2, 0.25) is 10.0 Å². The molecule has 2 fully saturated rings. The quantitative estimate of drug-likeness (QED) is 0.176. The summed E-state index contributed by atoms with van der Waals surface area (Å²) >= 11 is 0. The second-order valence-electron chi connectivity index (χ2n) is 10.4. The predicted octanol–water partition coefficient (Wildman–Crippen LogP) is 0.238. The normalized spacial score (nSPS) is 23.0. The number of hydrogen-bond acceptors (Lipinski definition) is 12. The van der Waals surface area contributed by atoms with Crippen molar-refractivity contribution < 1.29 is 33.3 Å². The van der Waals surface area contributed by atoms with Crippen LogP contribution in [0.2, 0.25) is 0 Å². The maximum atomic E-state index is 12.8. The van der Waals surface area contributed by atoms with Crippen LogP contribution >= 0.6 is 0 Å². The molecule has 1 aliphatic carbocycles. The molecule has 6 rings (SSSR count). The zero-order valence-corrected chi connectivity index (χ0v) is 23.1. The molecular weight excluding hydrogens is 568 g/mol. The van der Waals surface area contributed by atoms with Crippen LogP contribution in [0.15, 0.2) is 49.1 Å². The van der Waals surface area contributed by atoms with Crippen molar-refractivity contribution in [2.45, 2.75) is 62.0 Å². The van der Waals surface area contributed by atoms with Crippen LogP contribution in [0, 0.1) is 0 Å². The van der Waals surface area contributed by atoms with Crippen LogP contribution in [-0.2, 0) is 20.5 Å². The number of aromatic nitrogens is 6. The van der Waals surface area contributed by atoms with Gasteiger partial charge in [-0.3, -0.25) is 9.36 Å². The number of nitrogens with zero attached hydrogens (tertiary/aromatic N) is 6.